The molecule has 0 aliphatic heterocycles. The third-order valence-electron chi connectivity index (χ3n) is 8.73. The second-order valence-electron chi connectivity index (χ2n) is 14.8. The molecule has 0 aliphatic carbocycles. The predicted octanol–water partition coefficient (Wildman–Crippen LogP) is 8.77. The first-order valence-electron chi connectivity index (χ1n) is 19.9. The SMILES string of the molecule is CCCCCCCCCCCCCCCCCC(=O)OC[C@H](COP(=O)([O-])OCC[N+](C)(C)C)OC(=O)CCCCCCCCCCCN. The molecule has 0 aromatic heterocycles. The molecule has 292 valence electrons. The van der Waals surface area contributed by atoms with E-state index in [-0.39, 0.29) is 32.0 Å². The average Bonchev–Trinajstić information content (AvgIpc) is 3.04. The molecule has 49 heavy (non-hydrogen) atoms. The quantitative estimate of drug-likeness (QED) is 0.0289. The topological polar surface area (TPSA) is 137 Å². The van der Waals surface area contributed by atoms with Crippen molar-refractivity contribution in [1.29, 1.82) is 0 Å². The van der Waals surface area contributed by atoms with Crippen molar-refractivity contribution >= 4 is 19.8 Å². The number of nitrogens with two attached hydrogens (primary N) is 1. The van der Waals surface area contributed by atoms with Gasteiger partial charge in [-0.15, -0.1) is 0 Å². The van der Waals surface area contributed by atoms with Crippen molar-refractivity contribution in [2.75, 3.05) is 54.1 Å². The van der Waals surface area contributed by atoms with Crippen LogP contribution in [0.4, 0.5) is 0 Å². The Morgan fingerprint density at radius 2 is 1.02 bits per heavy atom. The van der Waals surface area contributed by atoms with Crippen molar-refractivity contribution in [3.63, 3.8) is 0 Å². The van der Waals surface area contributed by atoms with Crippen LogP contribution in [0.15, 0.2) is 0 Å². The number of ether oxygens (including phenoxy) is 2. The summed E-state index contributed by atoms with van der Waals surface area (Å²) >= 11 is 0. The Kier molecular flexibility index (Phi) is 32.2. The van der Waals surface area contributed by atoms with E-state index in [1.54, 1.807) is 0 Å². The van der Waals surface area contributed by atoms with Gasteiger partial charge in [0.25, 0.3) is 7.82 Å². The second kappa shape index (κ2) is 32.8. The Hall–Kier alpha value is -1.03. The minimum atomic E-state index is -4.61. The third-order valence-corrected chi connectivity index (χ3v) is 9.69. The highest BCUT2D eigenvalue weighted by atomic mass is 31.2. The molecule has 0 heterocycles. The summed E-state index contributed by atoms with van der Waals surface area (Å²) in [5.74, 6) is -0.844. The molecule has 2 atom stereocenters. The number of carbonyl (C=O) groups is 2. The number of phosphoric acid groups is 1. The summed E-state index contributed by atoms with van der Waals surface area (Å²) < 4.78 is 33.7. The summed E-state index contributed by atoms with van der Waals surface area (Å²) in [7, 11) is 1.16. The fourth-order valence-electron chi connectivity index (χ4n) is 5.55. The highest BCUT2D eigenvalue weighted by molar-refractivity contribution is 7.45. The lowest BCUT2D eigenvalue weighted by Crippen LogP contribution is -2.37. The van der Waals surface area contributed by atoms with Gasteiger partial charge in [-0.1, -0.05) is 142 Å². The zero-order chi connectivity index (χ0) is 36.5. The van der Waals surface area contributed by atoms with E-state index in [1.165, 1.54) is 103 Å². The Balaban J connectivity index is 4.34. The summed E-state index contributed by atoms with van der Waals surface area (Å²) in [4.78, 5) is 37.3. The van der Waals surface area contributed by atoms with E-state index in [1.807, 2.05) is 21.1 Å². The number of carbonyl (C=O) groups excluding carboxylic acids is 2. The van der Waals surface area contributed by atoms with Gasteiger partial charge >= 0.3 is 11.9 Å². The van der Waals surface area contributed by atoms with E-state index >= 15 is 0 Å². The van der Waals surface area contributed by atoms with Crippen LogP contribution in [0, 0.1) is 0 Å². The number of esters is 2. The molecule has 1 unspecified atom stereocenters. The van der Waals surface area contributed by atoms with Crippen LogP contribution in [0.25, 0.3) is 0 Å². The lowest BCUT2D eigenvalue weighted by molar-refractivity contribution is -0.870. The maximum atomic E-state index is 12.6. The van der Waals surface area contributed by atoms with E-state index in [4.69, 9.17) is 24.3 Å². The van der Waals surface area contributed by atoms with Crippen molar-refractivity contribution < 1.29 is 42.1 Å². The maximum Gasteiger partial charge on any atom is 0.306 e. The largest absolute Gasteiger partial charge is 0.756 e. The molecule has 0 rings (SSSR count). The van der Waals surface area contributed by atoms with Crippen LogP contribution in [0.3, 0.4) is 0 Å². The van der Waals surface area contributed by atoms with Crippen LogP contribution in [-0.2, 0) is 32.7 Å². The van der Waals surface area contributed by atoms with Gasteiger partial charge in [-0.05, 0) is 25.8 Å². The Labute approximate surface area is 301 Å². The monoisotopic (exact) mass is 721 g/mol. The molecule has 0 aromatic rings. The average molecular weight is 721 g/mol. The number of phosphoric ester groups is 1. The fourth-order valence-corrected chi connectivity index (χ4v) is 6.28. The number of quaternary nitrogens is 1. The van der Waals surface area contributed by atoms with E-state index in [2.05, 4.69) is 6.92 Å². The summed E-state index contributed by atoms with van der Waals surface area (Å²) in [6.07, 6.45) is 27.9. The molecular formula is C38H77N2O8P. The van der Waals surface area contributed by atoms with Gasteiger partial charge in [0.1, 0.15) is 19.8 Å². The predicted molar refractivity (Wildman–Crippen MR) is 198 cm³/mol. The fraction of sp³-hybridized carbons (Fsp3) is 0.947. The Bertz CT molecular complexity index is 824. The van der Waals surface area contributed by atoms with Crippen LogP contribution in [-0.4, -0.2) is 76.6 Å². The Morgan fingerprint density at radius 1 is 0.612 bits per heavy atom. The van der Waals surface area contributed by atoms with Gasteiger partial charge in [-0.25, -0.2) is 0 Å². The van der Waals surface area contributed by atoms with Gasteiger partial charge in [-0.3, -0.25) is 14.2 Å². The first-order valence-corrected chi connectivity index (χ1v) is 21.4. The van der Waals surface area contributed by atoms with E-state index in [0.29, 0.717) is 17.4 Å². The minimum Gasteiger partial charge on any atom is -0.756 e. The zero-order valence-electron chi connectivity index (χ0n) is 32.2. The van der Waals surface area contributed by atoms with Crippen molar-refractivity contribution in [2.24, 2.45) is 5.73 Å². The molecule has 0 aromatic carbocycles. The molecule has 0 bridgehead atoms. The van der Waals surface area contributed by atoms with Gasteiger partial charge in [0.15, 0.2) is 6.10 Å². The summed E-state index contributed by atoms with van der Waals surface area (Å²) in [5, 5.41) is 0. The summed E-state index contributed by atoms with van der Waals surface area (Å²) in [6, 6.07) is 0. The molecule has 0 saturated carbocycles. The van der Waals surface area contributed by atoms with Gasteiger partial charge in [0.05, 0.1) is 27.7 Å². The molecule has 0 amide bonds. The van der Waals surface area contributed by atoms with E-state index in [0.717, 1.165) is 51.5 Å². The smallest absolute Gasteiger partial charge is 0.306 e. The number of unbranched alkanes of at least 4 members (excludes halogenated alkanes) is 22. The number of likely N-dealkylation sites (N-methyl/N-ethyl adjacent to an activating group) is 1. The molecule has 0 spiro atoms. The maximum absolute atomic E-state index is 12.6. The van der Waals surface area contributed by atoms with Crippen LogP contribution in [0.2, 0.25) is 0 Å². The minimum absolute atomic E-state index is 0.0311. The highest BCUT2D eigenvalue weighted by Crippen LogP contribution is 2.38. The molecule has 0 radical (unpaired) electrons. The molecule has 10 nitrogen and oxygen atoms in total. The molecular weight excluding hydrogens is 643 g/mol. The number of rotatable bonds is 37. The normalized spacial score (nSPS) is 13.7. The van der Waals surface area contributed by atoms with E-state index < -0.39 is 26.5 Å². The summed E-state index contributed by atoms with van der Waals surface area (Å²) in [6.45, 7) is 2.73. The van der Waals surface area contributed by atoms with Gasteiger partial charge in [0, 0.05) is 12.8 Å². The first-order chi connectivity index (χ1) is 23.5. The molecule has 2 N–H and O–H groups in total. The Morgan fingerprint density at radius 3 is 1.45 bits per heavy atom. The van der Waals surface area contributed by atoms with Crippen molar-refractivity contribution in [2.45, 2.75) is 180 Å². The highest BCUT2D eigenvalue weighted by Gasteiger charge is 2.21. The third kappa shape index (κ3) is 36.6. The van der Waals surface area contributed by atoms with E-state index in [9.17, 15) is 19.0 Å². The standard InChI is InChI=1S/C38H77N2O8P/c1-5-6-7-8-9-10-11-12-13-14-15-17-20-23-26-29-37(41)45-34-36(35-47-49(43,44)46-33-32-40(2,3)4)48-38(42)30-27-24-21-18-16-19-22-25-28-31-39/h36H,5-35,39H2,1-4H3/t36-/m1/s1. The van der Waals surface area contributed by atoms with Gasteiger partial charge in [-0.2, -0.15) is 0 Å². The van der Waals surface area contributed by atoms with Crippen LogP contribution in [0.1, 0.15) is 174 Å². The molecule has 0 aliphatic rings. The summed E-state index contributed by atoms with van der Waals surface area (Å²) in [5.41, 5.74) is 5.53. The second-order valence-corrected chi connectivity index (χ2v) is 16.2. The number of hydrogen-bond acceptors (Lipinski definition) is 9. The van der Waals surface area contributed by atoms with Gasteiger partial charge in [0.2, 0.25) is 0 Å². The first kappa shape index (κ1) is 48.0. The van der Waals surface area contributed by atoms with Gasteiger partial charge < -0.3 is 33.6 Å². The molecule has 0 saturated heterocycles. The lowest BCUT2D eigenvalue weighted by atomic mass is 10.0. The van der Waals surface area contributed by atoms with Crippen LogP contribution >= 0.6 is 7.82 Å². The van der Waals surface area contributed by atoms with Crippen molar-refractivity contribution in [3.8, 4) is 0 Å². The van der Waals surface area contributed by atoms with Crippen LogP contribution in [0.5, 0.6) is 0 Å². The molecule has 11 heteroatoms. The number of nitrogens with zero attached hydrogens (tertiary/aromatic N) is 1. The lowest BCUT2D eigenvalue weighted by Gasteiger charge is -2.28. The van der Waals surface area contributed by atoms with Crippen molar-refractivity contribution in [1.82, 2.24) is 0 Å². The zero-order valence-corrected chi connectivity index (χ0v) is 33.1. The number of hydrogen-bond donors (Lipinski definition) is 1. The van der Waals surface area contributed by atoms with Crippen molar-refractivity contribution in [3.05, 3.63) is 0 Å². The van der Waals surface area contributed by atoms with Crippen LogP contribution < -0.4 is 10.6 Å². The molecule has 0 fully saturated rings.